The normalized spacial score (nSPS) is 24.5. The van der Waals surface area contributed by atoms with Crippen LogP contribution in [0, 0.1) is 5.92 Å². The predicted octanol–water partition coefficient (Wildman–Crippen LogP) is 2.05. The van der Waals surface area contributed by atoms with Crippen molar-refractivity contribution in [3.05, 3.63) is 18.5 Å². The number of aromatic nitrogens is 2. The van der Waals surface area contributed by atoms with Crippen LogP contribution in [0.15, 0.2) is 18.5 Å². The Bertz CT molecular complexity index is 290. The maximum atomic E-state index is 4.21. The van der Waals surface area contributed by atoms with Crippen molar-refractivity contribution in [3.63, 3.8) is 0 Å². The summed E-state index contributed by atoms with van der Waals surface area (Å²) in [6.45, 7) is 6.83. The van der Waals surface area contributed by atoms with Crippen LogP contribution in [0.5, 0.6) is 0 Å². The number of nitrogens with one attached hydrogen (secondary N) is 1. The van der Waals surface area contributed by atoms with Gasteiger partial charge in [-0.05, 0) is 51.6 Å². The van der Waals surface area contributed by atoms with Gasteiger partial charge < -0.3 is 5.32 Å². The van der Waals surface area contributed by atoms with Crippen LogP contribution in [0.3, 0.4) is 0 Å². The van der Waals surface area contributed by atoms with Gasteiger partial charge in [-0.1, -0.05) is 0 Å². The number of rotatable bonds is 4. The van der Waals surface area contributed by atoms with E-state index in [1.165, 1.54) is 25.8 Å². The maximum absolute atomic E-state index is 4.21. The Balaban J connectivity index is 1.67. The first-order valence-corrected chi connectivity index (χ1v) is 5.88. The molecule has 0 aliphatic carbocycles. The molecule has 0 amide bonds. The van der Waals surface area contributed by atoms with Gasteiger partial charge in [-0.2, -0.15) is 5.10 Å². The first-order valence-electron chi connectivity index (χ1n) is 5.88. The average Bonchev–Trinajstić information content (AvgIpc) is 2.76. The summed E-state index contributed by atoms with van der Waals surface area (Å²) in [5, 5.41) is 7.78. The standard InChI is InChI=1S/C12H21N3/c1-12(2)9-11(10-13-12)5-3-7-15-8-4-6-14-15/h4,6,8,11,13H,3,5,7,9-10H2,1-2H3. The number of aryl methyl sites for hydroxylation is 1. The van der Waals surface area contributed by atoms with Crippen molar-refractivity contribution in [2.75, 3.05) is 6.54 Å². The Morgan fingerprint density at radius 1 is 1.53 bits per heavy atom. The topological polar surface area (TPSA) is 29.9 Å². The Kier molecular flexibility index (Phi) is 3.10. The molecule has 1 aromatic heterocycles. The second-order valence-corrected chi connectivity index (χ2v) is 5.25. The summed E-state index contributed by atoms with van der Waals surface area (Å²) in [6, 6.07) is 1.99. The average molecular weight is 207 g/mol. The summed E-state index contributed by atoms with van der Waals surface area (Å²) in [6.07, 6.45) is 7.75. The molecule has 0 radical (unpaired) electrons. The van der Waals surface area contributed by atoms with Gasteiger partial charge in [-0.15, -0.1) is 0 Å². The Labute approximate surface area is 91.9 Å². The molecule has 2 heterocycles. The molecule has 1 atom stereocenters. The third-order valence-electron chi connectivity index (χ3n) is 3.23. The minimum absolute atomic E-state index is 0.358. The monoisotopic (exact) mass is 207 g/mol. The lowest BCUT2D eigenvalue weighted by atomic mass is 9.94. The Morgan fingerprint density at radius 2 is 2.40 bits per heavy atom. The van der Waals surface area contributed by atoms with E-state index in [0.29, 0.717) is 5.54 Å². The zero-order valence-electron chi connectivity index (χ0n) is 9.74. The van der Waals surface area contributed by atoms with Crippen molar-refractivity contribution in [2.24, 2.45) is 5.92 Å². The third kappa shape index (κ3) is 3.06. The molecule has 1 unspecified atom stereocenters. The van der Waals surface area contributed by atoms with Gasteiger partial charge in [0.05, 0.1) is 0 Å². The highest BCUT2D eigenvalue weighted by molar-refractivity contribution is 4.89. The maximum Gasteiger partial charge on any atom is 0.0489 e. The molecule has 0 bridgehead atoms. The van der Waals surface area contributed by atoms with E-state index in [2.05, 4.69) is 24.3 Å². The van der Waals surface area contributed by atoms with Crippen molar-refractivity contribution >= 4 is 0 Å². The van der Waals surface area contributed by atoms with Gasteiger partial charge in [0.15, 0.2) is 0 Å². The highest BCUT2D eigenvalue weighted by Crippen LogP contribution is 2.26. The predicted molar refractivity (Wildman–Crippen MR) is 61.6 cm³/mol. The first-order chi connectivity index (χ1) is 7.16. The second-order valence-electron chi connectivity index (χ2n) is 5.25. The molecule has 84 valence electrons. The smallest absolute Gasteiger partial charge is 0.0489 e. The van der Waals surface area contributed by atoms with E-state index in [0.717, 1.165) is 12.5 Å². The highest BCUT2D eigenvalue weighted by Gasteiger charge is 2.29. The lowest BCUT2D eigenvalue weighted by Crippen LogP contribution is -2.31. The van der Waals surface area contributed by atoms with E-state index >= 15 is 0 Å². The molecule has 3 heteroatoms. The SMILES string of the molecule is CC1(C)CC(CCCn2cccn2)CN1. The molecule has 15 heavy (non-hydrogen) atoms. The molecule has 3 nitrogen and oxygen atoms in total. The largest absolute Gasteiger partial charge is 0.312 e. The lowest BCUT2D eigenvalue weighted by Gasteiger charge is -2.17. The fraction of sp³-hybridized carbons (Fsp3) is 0.750. The van der Waals surface area contributed by atoms with Crippen molar-refractivity contribution in [1.29, 1.82) is 0 Å². The summed E-state index contributed by atoms with van der Waals surface area (Å²) in [4.78, 5) is 0. The molecule has 0 aromatic carbocycles. The summed E-state index contributed by atoms with van der Waals surface area (Å²) in [5.41, 5.74) is 0.358. The summed E-state index contributed by atoms with van der Waals surface area (Å²) >= 11 is 0. The number of hydrogen-bond donors (Lipinski definition) is 1. The van der Waals surface area contributed by atoms with Crippen LogP contribution < -0.4 is 5.32 Å². The Hall–Kier alpha value is -0.830. The van der Waals surface area contributed by atoms with Crippen LogP contribution in [-0.2, 0) is 6.54 Å². The van der Waals surface area contributed by atoms with E-state index in [9.17, 15) is 0 Å². The van der Waals surface area contributed by atoms with Gasteiger partial charge in [0.25, 0.3) is 0 Å². The van der Waals surface area contributed by atoms with E-state index in [1.54, 1.807) is 0 Å². The highest BCUT2D eigenvalue weighted by atomic mass is 15.3. The summed E-state index contributed by atoms with van der Waals surface area (Å²) in [5.74, 6) is 0.857. The fourth-order valence-corrected chi connectivity index (χ4v) is 2.47. The van der Waals surface area contributed by atoms with Crippen LogP contribution in [0.2, 0.25) is 0 Å². The van der Waals surface area contributed by atoms with Gasteiger partial charge in [-0.25, -0.2) is 0 Å². The molecule has 1 fully saturated rings. The van der Waals surface area contributed by atoms with Crippen LogP contribution in [0.1, 0.15) is 33.1 Å². The van der Waals surface area contributed by atoms with Gasteiger partial charge >= 0.3 is 0 Å². The summed E-state index contributed by atoms with van der Waals surface area (Å²) in [7, 11) is 0. The zero-order valence-corrected chi connectivity index (χ0v) is 9.74. The number of hydrogen-bond acceptors (Lipinski definition) is 2. The molecule has 1 aromatic rings. The molecule has 2 rings (SSSR count). The van der Waals surface area contributed by atoms with E-state index in [4.69, 9.17) is 0 Å². The van der Waals surface area contributed by atoms with Gasteiger partial charge in [0.1, 0.15) is 0 Å². The minimum atomic E-state index is 0.358. The molecule has 1 aliphatic rings. The molecule has 1 saturated heterocycles. The second kappa shape index (κ2) is 4.35. The molecule has 1 aliphatic heterocycles. The van der Waals surface area contributed by atoms with Gasteiger partial charge in [0, 0.05) is 24.5 Å². The number of nitrogens with zero attached hydrogens (tertiary/aromatic N) is 2. The minimum Gasteiger partial charge on any atom is -0.312 e. The summed E-state index contributed by atoms with van der Waals surface area (Å²) < 4.78 is 2.02. The van der Waals surface area contributed by atoms with Crippen molar-refractivity contribution in [3.8, 4) is 0 Å². The zero-order chi connectivity index (χ0) is 10.7. The van der Waals surface area contributed by atoms with Crippen molar-refractivity contribution < 1.29 is 0 Å². The Morgan fingerprint density at radius 3 is 3.00 bits per heavy atom. The van der Waals surface area contributed by atoms with Crippen LogP contribution >= 0.6 is 0 Å². The lowest BCUT2D eigenvalue weighted by molar-refractivity contribution is 0.417. The van der Waals surface area contributed by atoms with Gasteiger partial charge in [0.2, 0.25) is 0 Å². The van der Waals surface area contributed by atoms with Crippen molar-refractivity contribution in [2.45, 2.75) is 45.2 Å². The van der Waals surface area contributed by atoms with Crippen LogP contribution in [0.25, 0.3) is 0 Å². The van der Waals surface area contributed by atoms with Crippen LogP contribution in [0.4, 0.5) is 0 Å². The molecular weight excluding hydrogens is 186 g/mol. The molecule has 0 saturated carbocycles. The van der Waals surface area contributed by atoms with E-state index < -0.39 is 0 Å². The van der Waals surface area contributed by atoms with Crippen LogP contribution in [-0.4, -0.2) is 21.9 Å². The molecule has 0 spiro atoms. The quantitative estimate of drug-likeness (QED) is 0.819. The first kappa shape index (κ1) is 10.7. The van der Waals surface area contributed by atoms with Gasteiger partial charge in [-0.3, -0.25) is 4.68 Å². The van der Waals surface area contributed by atoms with E-state index in [-0.39, 0.29) is 0 Å². The van der Waals surface area contributed by atoms with E-state index in [1.807, 2.05) is 23.1 Å². The van der Waals surface area contributed by atoms with Crippen molar-refractivity contribution in [1.82, 2.24) is 15.1 Å². The molecular formula is C12H21N3. The molecule has 1 N–H and O–H groups in total. The fourth-order valence-electron chi connectivity index (χ4n) is 2.47. The third-order valence-corrected chi connectivity index (χ3v) is 3.23.